The van der Waals surface area contributed by atoms with Crippen LogP contribution in [0.2, 0.25) is 0 Å². The van der Waals surface area contributed by atoms with Crippen molar-refractivity contribution in [3.05, 3.63) is 12.8 Å². The standard InChI is InChI=1S/C5H7FO3/c1-2-9-3-4(6)5(7)8/h2,4H,1,3H2,(H,7,8). The lowest BCUT2D eigenvalue weighted by Gasteiger charge is -1.99. The van der Waals surface area contributed by atoms with E-state index in [-0.39, 0.29) is 0 Å². The highest BCUT2D eigenvalue weighted by Gasteiger charge is 2.14. The fourth-order valence-electron chi connectivity index (χ4n) is 0.224. The normalized spacial score (nSPS) is 12.1. The molecule has 1 atom stereocenters. The highest BCUT2D eigenvalue weighted by molar-refractivity contribution is 5.72. The third-order valence-corrected chi connectivity index (χ3v) is 0.628. The van der Waals surface area contributed by atoms with E-state index in [0.29, 0.717) is 0 Å². The summed E-state index contributed by atoms with van der Waals surface area (Å²) >= 11 is 0. The molecule has 0 rings (SSSR count). The summed E-state index contributed by atoms with van der Waals surface area (Å²) in [5.41, 5.74) is 0. The van der Waals surface area contributed by atoms with Crippen molar-refractivity contribution in [2.45, 2.75) is 6.17 Å². The van der Waals surface area contributed by atoms with Gasteiger partial charge in [-0.25, -0.2) is 9.18 Å². The van der Waals surface area contributed by atoms with Gasteiger partial charge in [-0.1, -0.05) is 6.58 Å². The first-order chi connectivity index (χ1) is 4.18. The van der Waals surface area contributed by atoms with Crippen LogP contribution in [0, 0.1) is 0 Å². The summed E-state index contributed by atoms with van der Waals surface area (Å²) in [6, 6.07) is 0. The monoisotopic (exact) mass is 134 g/mol. The largest absolute Gasteiger partial charge is 0.498 e. The Morgan fingerprint density at radius 2 is 2.56 bits per heavy atom. The molecule has 52 valence electrons. The molecule has 0 aromatic carbocycles. The molecule has 0 aromatic heterocycles. The summed E-state index contributed by atoms with van der Waals surface area (Å²) in [5, 5.41) is 7.92. The minimum atomic E-state index is -1.96. The molecule has 0 saturated carbocycles. The van der Waals surface area contributed by atoms with Gasteiger partial charge in [-0.2, -0.15) is 0 Å². The number of carboxylic acid groups (broad SMARTS) is 1. The molecular formula is C5H7FO3. The fourth-order valence-corrected chi connectivity index (χ4v) is 0.224. The minimum absolute atomic E-state index is 0.473. The van der Waals surface area contributed by atoms with Gasteiger partial charge in [0.2, 0.25) is 6.17 Å². The van der Waals surface area contributed by atoms with Gasteiger partial charge in [0, 0.05) is 0 Å². The van der Waals surface area contributed by atoms with Crippen molar-refractivity contribution in [1.29, 1.82) is 0 Å². The van der Waals surface area contributed by atoms with E-state index in [1.54, 1.807) is 0 Å². The van der Waals surface area contributed by atoms with Gasteiger partial charge < -0.3 is 9.84 Å². The molecular weight excluding hydrogens is 127 g/mol. The van der Waals surface area contributed by atoms with Crippen LogP contribution in [0.5, 0.6) is 0 Å². The number of carbonyl (C=O) groups is 1. The van der Waals surface area contributed by atoms with Crippen LogP contribution in [-0.2, 0) is 9.53 Å². The lowest BCUT2D eigenvalue weighted by Crippen LogP contribution is -2.19. The Morgan fingerprint density at radius 3 is 2.89 bits per heavy atom. The minimum Gasteiger partial charge on any atom is -0.498 e. The number of alkyl halides is 1. The van der Waals surface area contributed by atoms with Gasteiger partial charge in [0.15, 0.2) is 0 Å². The maximum absolute atomic E-state index is 11.9. The number of aliphatic carboxylic acids is 1. The summed E-state index contributed by atoms with van der Waals surface area (Å²) in [6.07, 6.45) is -0.960. The van der Waals surface area contributed by atoms with Crippen LogP contribution in [0.3, 0.4) is 0 Å². The zero-order valence-corrected chi connectivity index (χ0v) is 4.71. The van der Waals surface area contributed by atoms with Crippen molar-refractivity contribution in [2.24, 2.45) is 0 Å². The zero-order chi connectivity index (χ0) is 7.28. The SMILES string of the molecule is C=COCC(F)C(=O)O. The molecule has 0 amide bonds. The summed E-state index contributed by atoms with van der Waals surface area (Å²) in [5.74, 6) is -1.52. The average molecular weight is 134 g/mol. The molecule has 0 bridgehead atoms. The first kappa shape index (κ1) is 7.94. The molecule has 0 fully saturated rings. The lowest BCUT2D eigenvalue weighted by molar-refractivity contribution is -0.144. The molecule has 0 aliphatic rings. The lowest BCUT2D eigenvalue weighted by atomic mass is 10.4. The Balaban J connectivity index is 3.37. The number of halogens is 1. The first-order valence-corrected chi connectivity index (χ1v) is 2.28. The smallest absolute Gasteiger partial charge is 0.341 e. The van der Waals surface area contributed by atoms with Gasteiger partial charge in [0.25, 0.3) is 0 Å². The van der Waals surface area contributed by atoms with Crippen molar-refractivity contribution in [3.8, 4) is 0 Å². The second-order valence-electron chi connectivity index (χ2n) is 1.31. The van der Waals surface area contributed by atoms with Crippen molar-refractivity contribution < 1.29 is 19.0 Å². The van der Waals surface area contributed by atoms with Crippen LogP contribution in [0.25, 0.3) is 0 Å². The number of hydrogen-bond donors (Lipinski definition) is 1. The second-order valence-corrected chi connectivity index (χ2v) is 1.31. The molecule has 1 unspecified atom stereocenters. The maximum atomic E-state index is 11.9. The molecule has 1 N–H and O–H groups in total. The number of hydrogen-bond acceptors (Lipinski definition) is 2. The van der Waals surface area contributed by atoms with Gasteiger partial charge in [-0.3, -0.25) is 0 Å². The Bertz CT molecular complexity index is 113. The average Bonchev–Trinajstić information content (AvgIpc) is 1.82. The Kier molecular flexibility index (Phi) is 3.43. The van der Waals surface area contributed by atoms with Gasteiger partial charge in [0.1, 0.15) is 6.61 Å². The van der Waals surface area contributed by atoms with Crippen LogP contribution < -0.4 is 0 Å². The summed E-state index contributed by atoms with van der Waals surface area (Å²) < 4.78 is 16.2. The summed E-state index contributed by atoms with van der Waals surface area (Å²) in [7, 11) is 0. The van der Waals surface area contributed by atoms with Gasteiger partial charge in [0.05, 0.1) is 6.26 Å². The van der Waals surface area contributed by atoms with E-state index < -0.39 is 18.7 Å². The van der Waals surface area contributed by atoms with Crippen molar-refractivity contribution in [2.75, 3.05) is 6.61 Å². The predicted molar refractivity (Wildman–Crippen MR) is 28.7 cm³/mol. The molecule has 0 saturated heterocycles. The van der Waals surface area contributed by atoms with Crippen LogP contribution >= 0.6 is 0 Å². The third-order valence-electron chi connectivity index (χ3n) is 0.628. The molecule has 9 heavy (non-hydrogen) atoms. The highest BCUT2D eigenvalue weighted by Crippen LogP contribution is 1.91. The van der Waals surface area contributed by atoms with Crippen molar-refractivity contribution >= 4 is 5.97 Å². The molecule has 0 aliphatic carbocycles. The first-order valence-electron chi connectivity index (χ1n) is 2.28. The molecule has 0 aliphatic heterocycles. The van der Waals surface area contributed by atoms with E-state index in [1.165, 1.54) is 0 Å². The molecule has 0 heterocycles. The topological polar surface area (TPSA) is 46.5 Å². The van der Waals surface area contributed by atoms with Crippen LogP contribution in [0.4, 0.5) is 4.39 Å². The Morgan fingerprint density at radius 1 is 2.00 bits per heavy atom. The van der Waals surface area contributed by atoms with Gasteiger partial charge in [-0.15, -0.1) is 0 Å². The van der Waals surface area contributed by atoms with Crippen LogP contribution in [0.1, 0.15) is 0 Å². The summed E-state index contributed by atoms with van der Waals surface area (Å²) in [4.78, 5) is 9.72. The van der Waals surface area contributed by atoms with Gasteiger partial charge in [-0.05, 0) is 0 Å². The fraction of sp³-hybridized carbons (Fsp3) is 0.400. The Hall–Kier alpha value is -1.06. The number of carboxylic acids is 1. The molecule has 3 nitrogen and oxygen atoms in total. The molecule has 4 heteroatoms. The van der Waals surface area contributed by atoms with E-state index in [0.717, 1.165) is 6.26 Å². The molecule has 0 radical (unpaired) electrons. The number of ether oxygens (including phenoxy) is 1. The molecule has 0 spiro atoms. The second kappa shape index (κ2) is 3.88. The van der Waals surface area contributed by atoms with E-state index in [1.807, 2.05) is 0 Å². The van der Waals surface area contributed by atoms with E-state index in [4.69, 9.17) is 5.11 Å². The third kappa shape index (κ3) is 3.52. The predicted octanol–water partition coefficient (Wildman–Crippen LogP) is 0.569. The van der Waals surface area contributed by atoms with Crippen molar-refractivity contribution in [3.63, 3.8) is 0 Å². The van der Waals surface area contributed by atoms with E-state index in [9.17, 15) is 9.18 Å². The van der Waals surface area contributed by atoms with Crippen LogP contribution in [-0.4, -0.2) is 23.9 Å². The maximum Gasteiger partial charge on any atom is 0.341 e. The van der Waals surface area contributed by atoms with Gasteiger partial charge >= 0.3 is 5.97 Å². The van der Waals surface area contributed by atoms with E-state index >= 15 is 0 Å². The zero-order valence-electron chi connectivity index (χ0n) is 4.71. The summed E-state index contributed by atoms with van der Waals surface area (Å²) in [6.45, 7) is 2.64. The van der Waals surface area contributed by atoms with Crippen molar-refractivity contribution in [1.82, 2.24) is 0 Å². The molecule has 0 aromatic rings. The number of rotatable bonds is 4. The van der Waals surface area contributed by atoms with Crippen LogP contribution in [0.15, 0.2) is 12.8 Å². The van der Waals surface area contributed by atoms with E-state index in [2.05, 4.69) is 11.3 Å². The quantitative estimate of drug-likeness (QED) is 0.571. The highest BCUT2D eigenvalue weighted by atomic mass is 19.1. The Labute approximate surface area is 51.7 Å².